The molecule has 0 aliphatic carbocycles. The van der Waals surface area contributed by atoms with E-state index in [2.05, 4.69) is 30.4 Å². The molecule has 2 bridgehead atoms. The number of benzene rings is 1. The van der Waals surface area contributed by atoms with Crippen LogP contribution in [0.25, 0.3) is 0 Å². The summed E-state index contributed by atoms with van der Waals surface area (Å²) in [5.41, 5.74) is 11.5. The van der Waals surface area contributed by atoms with Crippen LogP contribution in [-0.4, -0.2) is 155 Å². The molecule has 6 amide bonds. The van der Waals surface area contributed by atoms with Crippen molar-refractivity contribution in [3.05, 3.63) is 35.9 Å². The number of piperidine rings is 1. The molecule has 1 aromatic rings. The number of fused-ring (bicyclic) bond motifs is 2. The van der Waals surface area contributed by atoms with Crippen LogP contribution in [0.2, 0.25) is 0 Å². The summed E-state index contributed by atoms with van der Waals surface area (Å²) in [5, 5.41) is 31.6. The van der Waals surface area contributed by atoms with Crippen molar-refractivity contribution in [3.63, 3.8) is 0 Å². The van der Waals surface area contributed by atoms with Crippen LogP contribution in [0.1, 0.15) is 72.3 Å². The van der Waals surface area contributed by atoms with Crippen molar-refractivity contribution >= 4 is 57.8 Å². The van der Waals surface area contributed by atoms with Crippen molar-refractivity contribution in [1.29, 1.82) is 0 Å². The molecule has 0 unspecified atom stereocenters. The maximum Gasteiger partial charge on any atom is 0.397 e. The number of guanidine groups is 1. The number of amides is 6. The lowest BCUT2D eigenvalue weighted by Gasteiger charge is -2.44. The molecule has 0 aromatic heterocycles. The number of hydrogen-bond donors (Lipinski definition) is 9. The highest BCUT2D eigenvalue weighted by Gasteiger charge is 2.46. The first-order valence-corrected chi connectivity index (χ1v) is 21.9. The first-order valence-electron chi connectivity index (χ1n) is 20.5. The van der Waals surface area contributed by atoms with Gasteiger partial charge in [0, 0.05) is 20.0 Å². The van der Waals surface area contributed by atoms with Crippen molar-refractivity contribution < 1.29 is 65.7 Å². The van der Waals surface area contributed by atoms with Crippen LogP contribution >= 0.6 is 0 Å². The number of nitrogens with two attached hydrogens (primary N) is 2. The van der Waals surface area contributed by atoms with E-state index in [4.69, 9.17) is 20.8 Å². The number of nitrogens with one attached hydrogen (secondary N) is 4. The Balaban J connectivity index is 2.22. The number of esters is 1. The van der Waals surface area contributed by atoms with Crippen molar-refractivity contribution in [3.8, 4) is 0 Å². The molecule has 23 nitrogen and oxygen atoms in total. The Morgan fingerprint density at radius 2 is 1.65 bits per heavy atom. The fourth-order valence-corrected chi connectivity index (χ4v) is 7.41. The summed E-state index contributed by atoms with van der Waals surface area (Å²) in [7, 11) is -3.76. The van der Waals surface area contributed by atoms with Gasteiger partial charge in [0.2, 0.25) is 29.5 Å². The van der Waals surface area contributed by atoms with Gasteiger partial charge in [-0.05, 0) is 50.0 Å². The standard InChI is InChI=1S/C39H61N9O14S/c1-7-21(4)29-38(57)62-22(5)30(46-34(53)27(49)19-61-63(58,59)60)35(54)43-24(14-11-17-42-39(40)41)32(51)44-25-15-16-28(50)48(36(25)55)31(20(2)3)37(56)47(6)26(33(52)45-29)18-23-12-9-8-10-13-23/h8-10,12-13,20-22,24-31,49-50H,7,11,14-19H2,1-6H3,(H,43,54)(H,44,51)(H,45,52)(H,46,53)(H4,40,41,42)(H,58,59,60)/t21-,22+,24-,25-,26-,27+,28+,29-,30-,31-/m0/s1. The molecule has 2 fully saturated rings. The summed E-state index contributed by atoms with van der Waals surface area (Å²) in [4.78, 5) is 105. The molecule has 63 heavy (non-hydrogen) atoms. The normalized spacial score (nSPS) is 26.8. The topological polar surface area (TPSA) is 352 Å². The molecule has 10 atom stereocenters. The number of nitrogens with zero attached hydrogens (tertiary/aromatic N) is 3. The zero-order valence-electron chi connectivity index (χ0n) is 36.1. The third-order valence-electron chi connectivity index (χ3n) is 10.8. The van der Waals surface area contributed by atoms with Crippen molar-refractivity contribution in [2.45, 2.75) is 128 Å². The highest BCUT2D eigenvalue weighted by Crippen LogP contribution is 2.26. The van der Waals surface area contributed by atoms with E-state index in [0.29, 0.717) is 12.0 Å². The Hall–Kier alpha value is -5.43. The number of cyclic esters (lactones) is 1. The van der Waals surface area contributed by atoms with E-state index < -0.39 is 125 Å². The molecule has 0 radical (unpaired) electrons. The molecule has 3 rings (SSSR count). The number of aliphatic hydroxyl groups excluding tert-OH is 2. The van der Waals surface area contributed by atoms with Crippen molar-refractivity contribution in [2.24, 2.45) is 28.3 Å². The van der Waals surface area contributed by atoms with E-state index in [1.807, 2.05) is 0 Å². The van der Waals surface area contributed by atoms with E-state index in [0.717, 1.165) is 9.80 Å². The minimum atomic E-state index is -5.12. The van der Waals surface area contributed by atoms with Crippen LogP contribution in [0, 0.1) is 11.8 Å². The monoisotopic (exact) mass is 911 g/mol. The summed E-state index contributed by atoms with van der Waals surface area (Å²) in [6.45, 7) is 6.54. The Bertz CT molecular complexity index is 1930. The zero-order chi connectivity index (χ0) is 47.3. The number of aliphatic imine (C=N–C) groups is 1. The summed E-state index contributed by atoms with van der Waals surface area (Å²) in [6, 6.07) is -0.176. The van der Waals surface area contributed by atoms with Crippen molar-refractivity contribution in [1.82, 2.24) is 31.1 Å². The van der Waals surface area contributed by atoms with Gasteiger partial charge in [-0.1, -0.05) is 64.4 Å². The van der Waals surface area contributed by atoms with E-state index in [-0.39, 0.29) is 44.6 Å². The van der Waals surface area contributed by atoms with Crippen LogP contribution in [0.4, 0.5) is 0 Å². The maximum atomic E-state index is 14.6. The van der Waals surface area contributed by atoms with Crippen LogP contribution in [-0.2, 0) is 59.3 Å². The molecule has 0 spiro atoms. The minimum absolute atomic E-state index is 0.0157. The zero-order valence-corrected chi connectivity index (χ0v) is 36.9. The van der Waals surface area contributed by atoms with Gasteiger partial charge in [0.1, 0.15) is 55.2 Å². The van der Waals surface area contributed by atoms with Gasteiger partial charge in [0.15, 0.2) is 12.1 Å². The third kappa shape index (κ3) is 14.8. The minimum Gasteiger partial charge on any atom is -0.458 e. The molecule has 2 heterocycles. The molecule has 24 heteroatoms. The lowest BCUT2D eigenvalue weighted by atomic mass is 9.93. The van der Waals surface area contributed by atoms with E-state index in [9.17, 15) is 52.2 Å². The Kier molecular flexibility index (Phi) is 19.2. The summed E-state index contributed by atoms with van der Waals surface area (Å²) >= 11 is 0. The largest absolute Gasteiger partial charge is 0.458 e. The fourth-order valence-electron chi connectivity index (χ4n) is 7.11. The number of likely N-dealkylation sites (N-methyl/N-ethyl adjacent to an activating group) is 1. The second kappa shape index (κ2) is 23.3. The Morgan fingerprint density at radius 3 is 2.24 bits per heavy atom. The number of carbonyl (C=O) groups excluding carboxylic acids is 7. The molecule has 352 valence electrons. The third-order valence-corrected chi connectivity index (χ3v) is 11.3. The predicted octanol–water partition coefficient (Wildman–Crippen LogP) is -2.81. The number of hydrogen-bond acceptors (Lipinski definition) is 14. The van der Waals surface area contributed by atoms with Gasteiger partial charge in [-0.2, -0.15) is 8.42 Å². The molecule has 2 saturated heterocycles. The molecular formula is C39H61N9O14S. The molecule has 2 aliphatic heterocycles. The lowest BCUT2D eigenvalue weighted by molar-refractivity contribution is -0.167. The van der Waals surface area contributed by atoms with Crippen LogP contribution in [0.5, 0.6) is 0 Å². The first-order chi connectivity index (χ1) is 29.5. The average molecular weight is 912 g/mol. The quantitative estimate of drug-likeness (QED) is 0.0299. The first kappa shape index (κ1) is 51.9. The maximum absolute atomic E-state index is 14.6. The molecule has 11 N–H and O–H groups in total. The Morgan fingerprint density at radius 1 is 1.00 bits per heavy atom. The number of rotatable bonds is 14. The van der Waals surface area contributed by atoms with Crippen molar-refractivity contribution in [2.75, 3.05) is 20.2 Å². The smallest absolute Gasteiger partial charge is 0.397 e. The van der Waals surface area contributed by atoms with E-state index >= 15 is 0 Å². The van der Waals surface area contributed by atoms with Gasteiger partial charge in [-0.15, -0.1) is 0 Å². The van der Waals surface area contributed by atoms with Crippen LogP contribution < -0.4 is 32.7 Å². The lowest BCUT2D eigenvalue weighted by Crippen LogP contribution is -2.66. The predicted molar refractivity (Wildman–Crippen MR) is 224 cm³/mol. The highest BCUT2D eigenvalue weighted by molar-refractivity contribution is 7.80. The van der Waals surface area contributed by atoms with Gasteiger partial charge < -0.3 is 57.5 Å². The SMILES string of the molecule is CC[C@H](C)[C@@H]1NC(=O)[C@H](Cc2ccccc2)N(C)C(=O)[C@H](C(C)C)N2C(=O)[C@H](CC[C@H]2O)NC(=O)[C@H](CCCN=C(N)N)NC(=O)[C@@H](NC(=O)[C@H](O)COS(=O)(=O)O)[C@@H](C)OC1=O. The fraction of sp³-hybridized carbons (Fsp3) is 0.641. The highest BCUT2D eigenvalue weighted by atomic mass is 32.3. The van der Waals surface area contributed by atoms with Crippen LogP contribution in [0.3, 0.4) is 0 Å². The molecule has 1 aromatic carbocycles. The second-order valence-corrected chi connectivity index (χ2v) is 17.0. The van der Waals surface area contributed by atoms with Gasteiger partial charge in [-0.3, -0.25) is 38.3 Å². The second-order valence-electron chi connectivity index (χ2n) is 15.9. The van der Waals surface area contributed by atoms with E-state index in [1.165, 1.54) is 14.0 Å². The number of carbonyl (C=O) groups is 7. The average Bonchev–Trinajstić information content (AvgIpc) is 3.21. The van der Waals surface area contributed by atoms with Crippen LogP contribution in [0.15, 0.2) is 35.3 Å². The number of ether oxygens (including phenoxy) is 1. The molecule has 0 saturated carbocycles. The summed E-state index contributed by atoms with van der Waals surface area (Å²) in [5.74, 6) is -8.48. The molecular weight excluding hydrogens is 851 g/mol. The molecule has 2 aliphatic rings. The van der Waals surface area contributed by atoms with Gasteiger partial charge in [0.05, 0.1) is 0 Å². The summed E-state index contributed by atoms with van der Waals surface area (Å²) in [6.07, 6.45) is -5.46. The van der Waals surface area contributed by atoms with Gasteiger partial charge >= 0.3 is 16.4 Å². The van der Waals surface area contributed by atoms with E-state index in [1.54, 1.807) is 58.0 Å². The summed E-state index contributed by atoms with van der Waals surface area (Å²) < 4.78 is 41.0. The number of aliphatic hydroxyl groups is 2. The Labute approximate surface area is 366 Å². The van der Waals surface area contributed by atoms with Gasteiger partial charge in [-0.25, -0.2) is 8.98 Å². The van der Waals surface area contributed by atoms with Gasteiger partial charge in [0.25, 0.3) is 5.91 Å².